The van der Waals surface area contributed by atoms with Crippen LogP contribution in [0.15, 0.2) is 69.0 Å². The van der Waals surface area contributed by atoms with Gasteiger partial charge in [-0.3, -0.25) is 14.9 Å². The normalized spacial score (nSPS) is 12.2. The average molecular weight is 787 g/mol. The summed E-state index contributed by atoms with van der Waals surface area (Å²) in [4.78, 5) is 28.7. The molecule has 0 spiro atoms. The van der Waals surface area contributed by atoms with E-state index in [1.165, 1.54) is 16.8 Å². The molecule has 0 fully saturated rings. The van der Waals surface area contributed by atoms with Crippen molar-refractivity contribution in [3.63, 3.8) is 0 Å². The van der Waals surface area contributed by atoms with Gasteiger partial charge in [0, 0.05) is 22.5 Å². The maximum absolute atomic E-state index is 13.3. The Morgan fingerprint density at radius 1 is 1.19 bits per heavy atom. The van der Waals surface area contributed by atoms with Crippen LogP contribution in [-0.4, -0.2) is 20.8 Å². The van der Waals surface area contributed by atoms with Gasteiger partial charge in [-0.1, -0.05) is 41.9 Å². The molecule has 3 aromatic carbocycles. The minimum absolute atomic E-state index is 0.0274. The van der Waals surface area contributed by atoms with Crippen LogP contribution in [0.3, 0.4) is 0 Å². The van der Waals surface area contributed by atoms with Crippen LogP contribution in [-0.2, 0) is 6.61 Å². The lowest BCUT2D eigenvalue weighted by Gasteiger charge is -2.14. The van der Waals surface area contributed by atoms with Crippen molar-refractivity contribution in [3.8, 4) is 5.75 Å². The van der Waals surface area contributed by atoms with Crippen LogP contribution in [0.5, 0.6) is 5.75 Å². The van der Waals surface area contributed by atoms with Crippen molar-refractivity contribution in [1.82, 2.24) is 9.66 Å². The zero-order valence-corrected chi connectivity index (χ0v) is 25.7. The molecule has 0 bridgehead atoms. The van der Waals surface area contributed by atoms with Gasteiger partial charge in [-0.2, -0.15) is 9.78 Å². The standard InChI is InChI=1S/C26H21BrI2N4O4/c1-3-15(2)25-31-23-8-7-18(27)12-20(23)26(34)32(25)30-13-17-10-21(28)24(22(29)11-17)37-14-16-5-4-6-19(9-16)33(35)36/h4-13,15H,3,14H2,1-2H3/t15-/m1/s1. The maximum Gasteiger partial charge on any atom is 0.282 e. The Kier molecular flexibility index (Phi) is 8.95. The highest BCUT2D eigenvalue weighted by Crippen LogP contribution is 2.30. The van der Waals surface area contributed by atoms with Gasteiger partial charge >= 0.3 is 0 Å². The van der Waals surface area contributed by atoms with Crippen LogP contribution >= 0.6 is 61.1 Å². The number of rotatable bonds is 8. The number of halogens is 3. The van der Waals surface area contributed by atoms with Crippen LogP contribution < -0.4 is 10.3 Å². The first-order valence-corrected chi connectivity index (χ1v) is 14.2. The molecule has 11 heteroatoms. The van der Waals surface area contributed by atoms with Crippen molar-refractivity contribution in [1.29, 1.82) is 0 Å². The van der Waals surface area contributed by atoms with E-state index in [2.05, 4.69) is 66.2 Å². The first kappa shape index (κ1) is 27.6. The molecule has 4 rings (SSSR count). The molecule has 0 aliphatic heterocycles. The summed E-state index contributed by atoms with van der Waals surface area (Å²) in [5.41, 5.74) is 1.95. The molecule has 37 heavy (non-hydrogen) atoms. The molecular weight excluding hydrogens is 766 g/mol. The van der Waals surface area contributed by atoms with Crippen LogP contribution in [0, 0.1) is 17.3 Å². The zero-order chi connectivity index (χ0) is 26.7. The number of nitro benzene ring substituents is 1. The van der Waals surface area contributed by atoms with Gasteiger partial charge in [0.25, 0.3) is 11.2 Å². The van der Waals surface area contributed by atoms with E-state index in [0.717, 1.165) is 23.6 Å². The van der Waals surface area contributed by atoms with Crippen molar-refractivity contribution in [2.75, 3.05) is 0 Å². The van der Waals surface area contributed by atoms with Crippen molar-refractivity contribution >= 4 is 83.9 Å². The molecule has 0 N–H and O–H groups in total. The number of benzene rings is 3. The molecule has 1 aromatic heterocycles. The fourth-order valence-corrected chi connectivity index (χ4v) is 6.10. The van der Waals surface area contributed by atoms with Crippen molar-refractivity contribution < 1.29 is 9.66 Å². The Labute approximate surface area is 248 Å². The Morgan fingerprint density at radius 3 is 2.59 bits per heavy atom. The molecule has 0 saturated carbocycles. The van der Waals surface area contributed by atoms with Crippen molar-refractivity contribution in [2.24, 2.45) is 5.10 Å². The number of ether oxygens (including phenoxy) is 1. The van der Waals surface area contributed by atoms with Gasteiger partial charge in [-0.25, -0.2) is 4.98 Å². The molecule has 8 nitrogen and oxygen atoms in total. The number of hydrogen-bond donors (Lipinski definition) is 0. The van der Waals surface area contributed by atoms with E-state index < -0.39 is 4.92 Å². The number of nitro groups is 1. The Morgan fingerprint density at radius 2 is 1.92 bits per heavy atom. The summed E-state index contributed by atoms with van der Waals surface area (Å²) in [6.45, 7) is 4.28. The molecule has 1 heterocycles. The monoisotopic (exact) mass is 786 g/mol. The second-order valence-corrected chi connectivity index (χ2v) is 11.6. The summed E-state index contributed by atoms with van der Waals surface area (Å²) in [6.07, 6.45) is 2.46. The summed E-state index contributed by atoms with van der Waals surface area (Å²) in [7, 11) is 0. The predicted octanol–water partition coefficient (Wildman–Crippen LogP) is 7.25. The third-order valence-corrected chi connectivity index (χ3v) is 7.83. The van der Waals surface area contributed by atoms with Gasteiger partial charge in [0.1, 0.15) is 18.2 Å². The molecular formula is C26H21BrI2N4O4. The molecule has 0 aliphatic rings. The van der Waals surface area contributed by atoms with Gasteiger partial charge in [0.15, 0.2) is 0 Å². The van der Waals surface area contributed by atoms with Gasteiger partial charge in [0.2, 0.25) is 0 Å². The second-order valence-electron chi connectivity index (χ2n) is 8.33. The summed E-state index contributed by atoms with van der Waals surface area (Å²) in [5, 5.41) is 16.1. The fraction of sp³-hybridized carbons (Fsp3) is 0.192. The number of fused-ring (bicyclic) bond motifs is 1. The first-order valence-electron chi connectivity index (χ1n) is 11.3. The maximum atomic E-state index is 13.3. The summed E-state index contributed by atoms with van der Waals surface area (Å²) in [6, 6.07) is 15.7. The first-order chi connectivity index (χ1) is 17.7. The molecule has 0 aliphatic carbocycles. The van der Waals surface area contributed by atoms with E-state index in [-0.39, 0.29) is 23.8 Å². The average Bonchev–Trinajstić information content (AvgIpc) is 2.87. The molecule has 4 aromatic rings. The van der Waals surface area contributed by atoms with E-state index in [1.807, 2.05) is 38.1 Å². The lowest BCUT2D eigenvalue weighted by atomic mass is 10.1. The Hall–Kier alpha value is -2.39. The van der Waals surface area contributed by atoms with Crippen molar-refractivity contribution in [2.45, 2.75) is 32.8 Å². The van der Waals surface area contributed by atoms with Gasteiger partial charge in [0.05, 0.1) is 29.2 Å². The summed E-state index contributed by atoms with van der Waals surface area (Å²) < 4.78 is 9.89. The van der Waals surface area contributed by atoms with Gasteiger partial charge in [-0.15, -0.1) is 0 Å². The SMILES string of the molecule is CC[C@@H](C)c1nc2ccc(Br)cc2c(=O)n1N=Cc1cc(I)c(OCc2cccc([N+](=O)[O-])c2)c(I)c1. The lowest BCUT2D eigenvalue weighted by molar-refractivity contribution is -0.384. The minimum atomic E-state index is -0.424. The van der Waals surface area contributed by atoms with E-state index in [1.54, 1.807) is 24.4 Å². The fourth-order valence-electron chi connectivity index (χ4n) is 3.61. The molecule has 1 atom stereocenters. The summed E-state index contributed by atoms with van der Waals surface area (Å²) >= 11 is 7.80. The Bertz CT molecular complexity index is 1570. The topological polar surface area (TPSA) is 99.6 Å². The largest absolute Gasteiger partial charge is 0.487 e. The molecule has 0 radical (unpaired) electrons. The van der Waals surface area contributed by atoms with Crippen LogP contribution in [0.25, 0.3) is 10.9 Å². The quantitative estimate of drug-likeness (QED) is 0.0812. The van der Waals surface area contributed by atoms with Gasteiger partial charge in [-0.05, 0) is 93.1 Å². The highest BCUT2D eigenvalue weighted by molar-refractivity contribution is 14.1. The smallest absolute Gasteiger partial charge is 0.282 e. The third-order valence-electron chi connectivity index (χ3n) is 5.73. The third kappa shape index (κ3) is 6.37. The molecule has 0 unspecified atom stereocenters. The number of nitrogens with zero attached hydrogens (tertiary/aromatic N) is 4. The number of non-ortho nitro benzene ring substituents is 1. The highest BCUT2D eigenvalue weighted by Gasteiger charge is 2.16. The van der Waals surface area contributed by atoms with Crippen LogP contribution in [0.2, 0.25) is 0 Å². The molecule has 0 amide bonds. The molecule has 0 saturated heterocycles. The lowest BCUT2D eigenvalue weighted by Crippen LogP contribution is -2.23. The second kappa shape index (κ2) is 12.0. The van der Waals surface area contributed by atoms with Crippen LogP contribution in [0.4, 0.5) is 5.69 Å². The van der Waals surface area contributed by atoms with E-state index in [0.29, 0.717) is 28.0 Å². The number of hydrogen-bond acceptors (Lipinski definition) is 6. The van der Waals surface area contributed by atoms with Gasteiger partial charge < -0.3 is 4.74 Å². The van der Waals surface area contributed by atoms with E-state index >= 15 is 0 Å². The predicted molar refractivity (Wildman–Crippen MR) is 165 cm³/mol. The zero-order valence-electron chi connectivity index (χ0n) is 19.8. The Balaban J connectivity index is 1.64. The highest BCUT2D eigenvalue weighted by atomic mass is 127. The van der Waals surface area contributed by atoms with E-state index in [4.69, 9.17) is 9.72 Å². The molecule has 190 valence electrons. The number of aromatic nitrogens is 2. The van der Waals surface area contributed by atoms with Crippen molar-refractivity contribution in [3.05, 3.63) is 104 Å². The minimum Gasteiger partial charge on any atom is -0.487 e. The van der Waals surface area contributed by atoms with Crippen LogP contribution in [0.1, 0.15) is 43.1 Å². The van der Waals surface area contributed by atoms with E-state index in [9.17, 15) is 14.9 Å². The summed E-state index contributed by atoms with van der Waals surface area (Å²) in [5.74, 6) is 1.34.